The minimum Gasteiger partial charge on any atom is -0.475 e. The molecule has 0 aliphatic carbocycles. The number of anilines is 2. The summed E-state index contributed by atoms with van der Waals surface area (Å²) in [5, 5.41) is 14.5. The zero-order valence-corrected chi connectivity index (χ0v) is 22.7. The standard InChI is InChI=1S/C25H18F2N6O3S.C2HF3O2/c26-14-3-1-13(2-4-14)9-21(34)33-25(35)31-15-5-6-19(17(27)10-15)36-20-7-8-29-23-22(20)16(11-30-23)18-12-37-24(28)32-18;3-2(4,5)1(6)7/h1-8,10-12H,9H2,(H2,28,32)(H,29,30)(H2,31,33,34,35);(H,6,7). The van der Waals surface area contributed by atoms with Gasteiger partial charge in [-0.3, -0.25) is 10.1 Å². The van der Waals surface area contributed by atoms with E-state index in [4.69, 9.17) is 20.4 Å². The Hall–Kier alpha value is -5.58. The first-order valence-electron chi connectivity index (χ1n) is 12.1. The number of rotatable bonds is 6. The third kappa shape index (κ3) is 8.03. The molecule has 3 heterocycles. The van der Waals surface area contributed by atoms with Crippen LogP contribution in [0.5, 0.6) is 11.5 Å². The SMILES string of the molecule is Nc1nc(-c2c[nH]c3nccc(Oc4ccc(NC(=O)NC(=O)Cc5ccc(F)cc5)cc4F)c23)cs1.O=C(O)C(F)(F)F. The van der Waals surface area contributed by atoms with Gasteiger partial charge in [0.15, 0.2) is 16.7 Å². The molecule has 0 fully saturated rings. The van der Waals surface area contributed by atoms with Gasteiger partial charge in [0.1, 0.15) is 17.2 Å². The van der Waals surface area contributed by atoms with Crippen molar-refractivity contribution in [2.45, 2.75) is 12.6 Å². The zero-order chi connectivity index (χ0) is 32.0. The lowest BCUT2D eigenvalue weighted by atomic mass is 10.1. The van der Waals surface area contributed by atoms with Gasteiger partial charge in [0.05, 0.1) is 17.5 Å². The molecule has 11 nitrogen and oxygen atoms in total. The topological polar surface area (TPSA) is 172 Å². The molecule has 0 bridgehead atoms. The molecule has 17 heteroatoms. The number of hydrogen-bond donors (Lipinski definition) is 5. The van der Waals surface area contributed by atoms with Crippen molar-refractivity contribution in [2.24, 2.45) is 0 Å². The number of nitrogens with zero attached hydrogens (tertiary/aromatic N) is 2. The third-order valence-corrected chi connectivity index (χ3v) is 6.19. The smallest absolute Gasteiger partial charge is 0.475 e. The molecule has 0 spiro atoms. The van der Waals surface area contributed by atoms with E-state index in [1.165, 1.54) is 53.9 Å². The van der Waals surface area contributed by atoms with E-state index in [9.17, 15) is 31.5 Å². The number of carboxylic acids is 1. The maximum absolute atomic E-state index is 14.9. The van der Waals surface area contributed by atoms with Gasteiger partial charge in [0, 0.05) is 35.1 Å². The second-order valence-electron chi connectivity index (χ2n) is 8.66. The molecule has 228 valence electrons. The molecule has 3 aromatic heterocycles. The van der Waals surface area contributed by atoms with Crippen molar-refractivity contribution in [3.05, 3.63) is 83.5 Å². The minimum atomic E-state index is -5.08. The number of aromatic amines is 1. The fraction of sp³-hybridized carbons (Fsp3) is 0.0741. The highest BCUT2D eigenvalue weighted by molar-refractivity contribution is 7.13. The Morgan fingerprint density at radius 3 is 2.36 bits per heavy atom. The van der Waals surface area contributed by atoms with E-state index in [1.54, 1.807) is 17.6 Å². The number of carboxylic acid groups (broad SMARTS) is 1. The van der Waals surface area contributed by atoms with Crippen LogP contribution in [0, 0.1) is 11.6 Å². The second-order valence-corrected chi connectivity index (χ2v) is 9.55. The number of nitrogens with one attached hydrogen (secondary N) is 3. The second kappa shape index (κ2) is 13.2. The lowest BCUT2D eigenvalue weighted by Gasteiger charge is -2.11. The number of aromatic nitrogens is 3. The molecule has 0 aliphatic heterocycles. The normalized spacial score (nSPS) is 10.9. The van der Waals surface area contributed by atoms with Crippen LogP contribution in [0.4, 0.5) is 37.6 Å². The number of imide groups is 1. The number of thiazole rings is 1. The van der Waals surface area contributed by atoms with Crippen LogP contribution in [0.2, 0.25) is 0 Å². The highest BCUT2D eigenvalue weighted by Crippen LogP contribution is 2.38. The predicted octanol–water partition coefficient (Wildman–Crippen LogP) is 5.86. The molecule has 2 aromatic carbocycles. The summed E-state index contributed by atoms with van der Waals surface area (Å²) in [6, 6.07) is 9.94. The van der Waals surface area contributed by atoms with E-state index in [-0.39, 0.29) is 17.9 Å². The zero-order valence-electron chi connectivity index (χ0n) is 21.9. The summed E-state index contributed by atoms with van der Waals surface area (Å²) in [6.07, 6.45) is -1.96. The summed E-state index contributed by atoms with van der Waals surface area (Å²) in [6.45, 7) is 0. The van der Waals surface area contributed by atoms with Crippen LogP contribution in [0.1, 0.15) is 5.56 Å². The summed E-state index contributed by atoms with van der Waals surface area (Å²) < 4.78 is 65.5. The maximum atomic E-state index is 14.9. The Morgan fingerprint density at radius 1 is 1.05 bits per heavy atom. The number of amides is 3. The van der Waals surface area contributed by atoms with Gasteiger partial charge in [-0.2, -0.15) is 13.2 Å². The van der Waals surface area contributed by atoms with Crippen LogP contribution >= 0.6 is 11.3 Å². The minimum absolute atomic E-state index is 0.0872. The Balaban J connectivity index is 0.000000566. The molecule has 3 amide bonds. The van der Waals surface area contributed by atoms with Gasteiger partial charge in [-0.1, -0.05) is 12.1 Å². The lowest BCUT2D eigenvalue weighted by molar-refractivity contribution is -0.192. The highest BCUT2D eigenvalue weighted by atomic mass is 32.1. The van der Waals surface area contributed by atoms with Gasteiger partial charge in [0.2, 0.25) is 5.91 Å². The summed E-state index contributed by atoms with van der Waals surface area (Å²) in [4.78, 5) is 44.7. The van der Waals surface area contributed by atoms with Crippen LogP contribution in [0.25, 0.3) is 22.3 Å². The monoisotopic (exact) mass is 634 g/mol. The van der Waals surface area contributed by atoms with Crippen LogP contribution in [-0.4, -0.2) is 44.1 Å². The van der Waals surface area contributed by atoms with Gasteiger partial charge in [0.25, 0.3) is 0 Å². The van der Waals surface area contributed by atoms with Crippen LogP contribution in [0.3, 0.4) is 0 Å². The van der Waals surface area contributed by atoms with E-state index in [0.717, 1.165) is 6.07 Å². The number of carbonyl (C=O) groups is 3. The fourth-order valence-electron chi connectivity index (χ4n) is 3.63. The van der Waals surface area contributed by atoms with E-state index in [1.807, 2.05) is 0 Å². The molecule has 0 aliphatic rings. The van der Waals surface area contributed by atoms with Crippen LogP contribution in [0.15, 0.2) is 66.3 Å². The van der Waals surface area contributed by atoms with Crippen molar-refractivity contribution in [3.8, 4) is 22.8 Å². The van der Waals surface area contributed by atoms with Crippen LogP contribution in [-0.2, 0) is 16.0 Å². The first kappa shape index (κ1) is 31.4. The third-order valence-electron chi connectivity index (χ3n) is 5.52. The number of H-pyrrole nitrogens is 1. The van der Waals surface area contributed by atoms with E-state index in [0.29, 0.717) is 38.7 Å². The molecule has 6 N–H and O–H groups in total. The van der Waals surface area contributed by atoms with Gasteiger partial charge in [-0.25, -0.2) is 28.3 Å². The van der Waals surface area contributed by atoms with E-state index in [2.05, 4.69) is 25.6 Å². The number of urea groups is 1. The van der Waals surface area contributed by atoms with Crippen molar-refractivity contribution < 1.29 is 46.2 Å². The summed E-state index contributed by atoms with van der Waals surface area (Å²) in [5.41, 5.74) is 8.26. The van der Waals surface area contributed by atoms with Crippen molar-refractivity contribution in [1.82, 2.24) is 20.3 Å². The number of fused-ring (bicyclic) bond motifs is 1. The summed E-state index contributed by atoms with van der Waals surface area (Å²) in [5.74, 6) is -4.27. The molecule has 0 unspecified atom stereocenters. The van der Waals surface area contributed by atoms with Crippen molar-refractivity contribution in [1.29, 1.82) is 0 Å². The van der Waals surface area contributed by atoms with Crippen LogP contribution < -0.4 is 21.1 Å². The number of aliphatic carboxylic acids is 1. The van der Waals surface area contributed by atoms with Gasteiger partial charge in [-0.05, 0) is 35.9 Å². The predicted molar refractivity (Wildman–Crippen MR) is 149 cm³/mol. The number of pyridine rings is 1. The van der Waals surface area contributed by atoms with Crippen molar-refractivity contribution >= 4 is 51.1 Å². The number of alkyl halides is 3. The molecule has 44 heavy (non-hydrogen) atoms. The molecular formula is C27H19F5N6O5S. The molecule has 0 saturated carbocycles. The van der Waals surface area contributed by atoms with Gasteiger partial charge >= 0.3 is 18.2 Å². The Bertz CT molecular complexity index is 1820. The first-order chi connectivity index (χ1) is 20.8. The number of benzene rings is 2. The maximum Gasteiger partial charge on any atom is 0.490 e. The molecular weight excluding hydrogens is 615 g/mol. The highest BCUT2D eigenvalue weighted by Gasteiger charge is 2.38. The molecule has 0 atom stereocenters. The molecule has 0 radical (unpaired) electrons. The summed E-state index contributed by atoms with van der Waals surface area (Å²) >= 11 is 1.29. The number of hydrogen-bond acceptors (Lipinski definition) is 8. The quantitative estimate of drug-likeness (QED) is 0.144. The molecule has 5 rings (SSSR count). The average molecular weight is 635 g/mol. The number of ether oxygens (including phenoxy) is 1. The average Bonchev–Trinajstić information content (AvgIpc) is 3.58. The first-order valence-corrected chi connectivity index (χ1v) is 13.0. The number of nitrogens with two attached hydrogens (primary N) is 1. The Labute approximate surface area is 247 Å². The number of halogens is 5. The molecule has 5 aromatic rings. The Morgan fingerprint density at radius 2 is 1.75 bits per heavy atom. The number of nitrogen functional groups attached to an aromatic ring is 1. The summed E-state index contributed by atoms with van der Waals surface area (Å²) in [7, 11) is 0. The van der Waals surface area contributed by atoms with Crippen molar-refractivity contribution in [3.63, 3.8) is 0 Å². The number of carbonyl (C=O) groups excluding carboxylic acids is 2. The van der Waals surface area contributed by atoms with E-state index >= 15 is 0 Å². The van der Waals surface area contributed by atoms with Gasteiger partial charge in [-0.15, -0.1) is 11.3 Å². The van der Waals surface area contributed by atoms with Gasteiger partial charge < -0.3 is 25.9 Å². The van der Waals surface area contributed by atoms with Crippen molar-refractivity contribution in [2.75, 3.05) is 11.1 Å². The Kier molecular flexibility index (Phi) is 9.38. The lowest BCUT2D eigenvalue weighted by Crippen LogP contribution is -2.35. The van der Waals surface area contributed by atoms with E-state index < -0.39 is 35.7 Å². The fourth-order valence-corrected chi connectivity index (χ4v) is 4.19. The largest absolute Gasteiger partial charge is 0.490 e. The molecule has 0 saturated heterocycles.